The molecule has 0 aromatic carbocycles. The summed E-state index contributed by atoms with van der Waals surface area (Å²) in [4.78, 5) is 14.1. The summed E-state index contributed by atoms with van der Waals surface area (Å²) in [5.41, 5.74) is 1.65. The number of nitrogens with zero attached hydrogens (tertiary/aromatic N) is 2. The number of nitro groups is 1. The van der Waals surface area contributed by atoms with Crippen LogP contribution in [0.3, 0.4) is 0 Å². The van der Waals surface area contributed by atoms with E-state index in [-0.39, 0.29) is 5.69 Å². The zero-order valence-corrected chi connectivity index (χ0v) is 7.94. The number of aromatic nitrogens is 1. The van der Waals surface area contributed by atoms with Gasteiger partial charge in [-0.15, -0.1) is 0 Å². The molecule has 0 fully saturated rings. The second-order valence-corrected chi connectivity index (χ2v) is 3.31. The summed E-state index contributed by atoms with van der Waals surface area (Å²) in [5.74, 6) is 0.305. The SMILES string of the molecule is Cc1cc(C(C)C)ncc1[N+](=O)[O-]. The van der Waals surface area contributed by atoms with Crippen molar-refractivity contribution < 1.29 is 4.92 Å². The fourth-order valence-electron chi connectivity index (χ4n) is 1.08. The van der Waals surface area contributed by atoms with Crippen LogP contribution in [0.25, 0.3) is 0 Å². The van der Waals surface area contributed by atoms with Crippen LogP contribution in [-0.2, 0) is 0 Å². The van der Waals surface area contributed by atoms with E-state index in [1.54, 1.807) is 13.0 Å². The molecule has 0 radical (unpaired) electrons. The largest absolute Gasteiger partial charge is 0.290 e. The lowest BCUT2D eigenvalue weighted by atomic mass is 10.1. The van der Waals surface area contributed by atoms with Crippen LogP contribution in [0.4, 0.5) is 5.69 Å². The highest BCUT2D eigenvalue weighted by molar-refractivity contribution is 5.37. The lowest BCUT2D eigenvalue weighted by Crippen LogP contribution is -1.97. The molecular formula is C9H12N2O2. The van der Waals surface area contributed by atoms with E-state index < -0.39 is 4.92 Å². The molecule has 0 N–H and O–H groups in total. The zero-order valence-electron chi connectivity index (χ0n) is 7.94. The molecule has 1 aromatic rings. The zero-order chi connectivity index (χ0) is 10.0. The second kappa shape index (κ2) is 3.51. The molecule has 4 heteroatoms. The van der Waals surface area contributed by atoms with E-state index in [2.05, 4.69) is 4.98 Å². The van der Waals surface area contributed by atoms with Gasteiger partial charge in [-0.1, -0.05) is 13.8 Å². The van der Waals surface area contributed by atoms with Gasteiger partial charge in [0.1, 0.15) is 6.20 Å². The summed E-state index contributed by atoms with van der Waals surface area (Å²) in [6.45, 7) is 5.74. The fourth-order valence-corrected chi connectivity index (χ4v) is 1.08. The first kappa shape index (κ1) is 9.64. The Kier molecular flexibility index (Phi) is 2.60. The molecule has 0 aliphatic heterocycles. The molecule has 1 aromatic heterocycles. The van der Waals surface area contributed by atoms with Crippen molar-refractivity contribution in [2.24, 2.45) is 0 Å². The smallest absolute Gasteiger partial charge is 0.258 e. The van der Waals surface area contributed by atoms with Crippen LogP contribution < -0.4 is 0 Å². The summed E-state index contributed by atoms with van der Waals surface area (Å²) in [6, 6.07) is 1.77. The van der Waals surface area contributed by atoms with E-state index in [1.165, 1.54) is 6.20 Å². The summed E-state index contributed by atoms with van der Waals surface area (Å²) < 4.78 is 0. The minimum atomic E-state index is -0.410. The van der Waals surface area contributed by atoms with Crippen LogP contribution >= 0.6 is 0 Å². The Morgan fingerprint density at radius 2 is 2.15 bits per heavy atom. The number of aryl methyl sites for hydroxylation is 1. The molecule has 13 heavy (non-hydrogen) atoms. The Morgan fingerprint density at radius 1 is 1.54 bits per heavy atom. The monoisotopic (exact) mass is 180 g/mol. The normalized spacial score (nSPS) is 10.5. The summed E-state index contributed by atoms with van der Waals surface area (Å²) in [7, 11) is 0. The van der Waals surface area contributed by atoms with Crippen molar-refractivity contribution in [3.05, 3.63) is 33.6 Å². The minimum Gasteiger partial charge on any atom is -0.258 e. The summed E-state index contributed by atoms with van der Waals surface area (Å²) in [6.07, 6.45) is 1.32. The summed E-state index contributed by atoms with van der Waals surface area (Å²) >= 11 is 0. The molecule has 70 valence electrons. The van der Waals surface area contributed by atoms with Crippen LogP contribution in [0.5, 0.6) is 0 Å². The molecule has 0 aliphatic rings. The maximum absolute atomic E-state index is 10.5. The van der Waals surface area contributed by atoms with E-state index in [1.807, 2.05) is 13.8 Å². The average molecular weight is 180 g/mol. The topological polar surface area (TPSA) is 56.0 Å². The van der Waals surface area contributed by atoms with Gasteiger partial charge in [0.15, 0.2) is 0 Å². The average Bonchev–Trinajstić information content (AvgIpc) is 2.03. The van der Waals surface area contributed by atoms with Gasteiger partial charge in [0.2, 0.25) is 0 Å². The van der Waals surface area contributed by atoms with Crippen molar-refractivity contribution in [2.45, 2.75) is 26.7 Å². The van der Waals surface area contributed by atoms with E-state index in [4.69, 9.17) is 0 Å². The highest BCUT2D eigenvalue weighted by Gasteiger charge is 2.12. The third-order valence-corrected chi connectivity index (χ3v) is 1.89. The molecule has 0 aliphatic carbocycles. The van der Waals surface area contributed by atoms with E-state index in [0.717, 1.165) is 5.69 Å². The lowest BCUT2D eigenvalue weighted by molar-refractivity contribution is -0.385. The number of hydrogen-bond acceptors (Lipinski definition) is 3. The maximum atomic E-state index is 10.5. The van der Waals surface area contributed by atoms with E-state index in [9.17, 15) is 10.1 Å². The van der Waals surface area contributed by atoms with Gasteiger partial charge < -0.3 is 0 Å². The number of pyridine rings is 1. The predicted molar refractivity (Wildman–Crippen MR) is 49.7 cm³/mol. The molecule has 1 heterocycles. The van der Waals surface area contributed by atoms with Crippen molar-refractivity contribution in [1.29, 1.82) is 0 Å². The molecule has 0 saturated carbocycles. The van der Waals surface area contributed by atoms with Gasteiger partial charge in [0.25, 0.3) is 5.69 Å². The highest BCUT2D eigenvalue weighted by atomic mass is 16.6. The number of hydrogen-bond donors (Lipinski definition) is 0. The first-order chi connectivity index (χ1) is 6.02. The van der Waals surface area contributed by atoms with Gasteiger partial charge in [-0.3, -0.25) is 15.1 Å². The summed E-state index contributed by atoms with van der Waals surface area (Å²) in [5, 5.41) is 10.5. The van der Waals surface area contributed by atoms with Gasteiger partial charge in [-0.25, -0.2) is 0 Å². The van der Waals surface area contributed by atoms with Crippen LogP contribution in [0.15, 0.2) is 12.3 Å². The van der Waals surface area contributed by atoms with E-state index in [0.29, 0.717) is 11.5 Å². The Morgan fingerprint density at radius 3 is 2.54 bits per heavy atom. The Hall–Kier alpha value is -1.45. The lowest BCUT2D eigenvalue weighted by Gasteiger charge is -2.04. The molecule has 0 amide bonds. The third-order valence-electron chi connectivity index (χ3n) is 1.89. The molecule has 0 saturated heterocycles. The molecule has 4 nitrogen and oxygen atoms in total. The first-order valence-electron chi connectivity index (χ1n) is 4.13. The minimum absolute atomic E-state index is 0.0874. The Balaban J connectivity index is 3.13. The van der Waals surface area contributed by atoms with Crippen molar-refractivity contribution in [3.8, 4) is 0 Å². The molecule has 0 bridgehead atoms. The Labute approximate surface area is 76.8 Å². The number of rotatable bonds is 2. The van der Waals surface area contributed by atoms with Gasteiger partial charge in [-0.05, 0) is 18.9 Å². The Bertz CT molecular complexity index is 334. The third kappa shape index (κ3) is 2.02. The van der Waals surface area contributed by atoms with Gasteiger partial charge in [0, 0.05) is 11.3 Å². The van der Waals surface area contributed by atoms with Crippen LogP contribution in [-0.4, -0.2) is 9.91 Å². The first-order valence-corrected chi connectivity index (χ1v) is 4.13. The van der Waals surface area contributed by atoms with Crippen LogP contribution in [0, 0.1) is 17.0 Å². The molecular weight excluding hydrogens is 168 g/mol. The van der Waals surface area contributed by atoms with Gasteiger partial charge in [-0.2, -0.15) is 0 Å². The van der Waals surface area contributed by atoms with Crippen molar-refractivity contribution >= 4 is 5.69 Å². The van der Waals surface area contributed by atoms with Crippen LogP contribution in [0.2, 0.25) is 0 Å². The standard InChI is InChI=1S/C9H12N2O2/c1-6(2)8-4-7(3)9(5-10-8)11(12)13/h4-6H,1-3H3. The fraction of sp³-hybridized carbons (Fsp3) is 0.444. The van der Waals surface area contributed by atoms with Crippen molar-refractivity contribution in [3.63, 3.8) is 0 Å². The molecule has 0 atom stereocenters. The second-order valence-electron chi connectivity index (χ2n) is 3.31. The molecule has 0 spiro atoms. The molecule has 0 unspecified atom stereocenters. The van der Waals surface area contributed by atoms with Crippen molar-refractivity contribution in [1.82, 2.24) is 4.98 Å². The van der Waals surface area contributed by atoms with Crippen LogP contribution in [0.1, 0.15) is 31.0 Å². The van der Waals surface area contributed by atoms with Gasteiger partial charge in [0.05, 0.1) is 4.92 Å². The quantitative estimate of drug-likeness (QED) is 0.518. The van der Waals surface area contributed by atoms with E-state index >= 15 is 0 Å². The molecule has 1 rings (SSSR count). The van der Waals surface area contributed by atoms with Gasteiger partial charge >= 0.3 is 0 Å². The van der Waals surface area contributed by atoms with Crippen molar-refractivity contribution in [2.75, 3.05) is 0 Å². The predicted octanol–water partition coefficient (Wildman–Crippen LogP) is 2.42. The maximum Gasteiger partial charge on any atom is 0.290 e. The highest BCUT2D eigenvalue weighted by Crippen LogP contribution is 2.20.